The van der Waals surface area contributed by atoms with Gasteiger partial charge in [-0.25, -0.2) is 0 Å². The summed E-state index contributed by atoms with van der Waals surface area (Å²) in [5, 5.41) is 29.2. The highest BCUT2D eigenvalue weighted by molar-refractivity contribution is 5.64. The molecule has 1 aliphatic carbocycles. The van der Waals surface area contributed by atoms with E-state index in [1.54, 1.807) is 16.8 Å². The first-order valence-electron chi connectivity index (χ1n) is 8.67. The van der Waals surface area contributed by atoms with Gasteiger partial charge < -0.3 is 10.4 Å². The van der Waals surface area contributed by atoms with E-state index in [1.165, 1.54) is 18.6 Å². The Balaban J connectivity index is 1.69. The number of nitrogens with one attached hydrogen (secondary N) is 1. The molecule has 3 rings (SSSR count). The van der Waals surface area contributed by atoms with Crippen LogP contribution in [0.15, 0.2) is 30.5 Å². The second-order valence-electron chi connectivity index (χ2n) is 6.87. The fraction of sp³-hybridized carbons (Fsp3) is 0.500. The summed E-state index contributed by atoms with van der Waals surface area (Å²) < 4.78 is 1.74. The maximum Gasteiger partial charge on any atom is 0.269 e. The first kappa shape index (κ1) is 17.6. The predicted molar refractivity (Wildman–Crippen MR) is 95.0 cm³/mol. The maximum absolute atomic E-state index is 10.8. The summed E-state index contributed by atoms with van der Waals surface area (Å²) in [4.78, 5) is 10.4. The van der Waals surface area contributed by atoms with Crippen LogP contribution in [-0.4, -0.2) is 32.0 Å². The summed E-state index contributed by atoms with van der Waals surface area (Å²) in [5.74, 6) is 0. The van der Waals surface area contributed by atoms with E-state index in [9.17, 15) is 15.2 Å². The lowest BCUT2D eigenvalue weighted by atomic mass is 9.85. The minimum atomic E-state index is -0.603. The van der Waals surface area contributed by atoms with E-state index in [-0.39, 0.29) is 5.69 Å². The number of non-ortho nitro benzene ring substituents is 1. The molecule has 7 nitrogen and oxygen atoms in total. The fourth-order valence-corrected chi connectivity index (χ4v) is 3.47. The Labute approximate surface area is 146 Å². The minimum Gasteiger partial charge on any atom is -0.389 e. The van der Waals surface area contributed by atoms with Gasteiger partial charge in [-0.05, 0) is 25.0 Å². The van der Waals surface area contributed by atoms with Crippen LogP contribution in [0.2, 0.25) is 0 Å². The zero-order valence-electron chi connectivity index (χ0n) is 14.4. The molecule has 2 aromatic rings. The lowest BCUT2D eigenvalue weighted by Gasteiger charge is -2.32. The average Bonchev–Trinajstić information content (AvgIpc) is 2.96. The van der Waals surface area contributed by atoms with Gasteiger partial charge in [0.25, 0.3) is 5.69 Å². The molecule has 0 radical (unpaired) electrons. The van der Waals surface area contributed by atoms with E-state index < -0.39 is 10.5 Å². The molecule has 7 heteroatoms. The molecular formula is C18H24N4O3. The molecule has 0 spiro atoms. The number of aryl methyl sites for hydroxylation is 1. The summed E-state index contributed by atoms with van der Waals surface area (Å²) in [6.45, 7) is 1.17. The predicted octanol–water partition coefficient (Wildman–Crippen LogP) is 2.78. The summed E-state index contributed by atoms with van der Waals surface area (Å²) in [5.41, 5.74) is 2.13. The van der Waals surface area contributed by atoms with Crippen LogP contribution in [0.1, 0.15) is 37.7 Å². The van der Waals surface area contributed by atoms with Gasteiger partial charge in [0.1, 0.15) is 0 Å². The van der Waals surface area contributed by atoms with Crippen molar-refractivity contribution in [2.24, 2.45) is 7.05 Å². The van der Waals surface area contributed by atoms with Crippen molar-refractivity contribution in [3.8, 4) is 11.3 Å². The first-order chi connectivity index (χ1) is 12.0. The van der Waals surface area contributed by atoms with E-state index in [2.05, 4.69) is 10.4 Å². The number of nitrogens with zero attached hydrogens (tertiary/aromatic N) is 3. The van der Waals surface area contributed by atoms with E-state index in [4.69, 9.17) is 0 Å². The molecule has 1 aromatic heterocycles. The average molecular weight is 344 g/mol. The van der Waals surface area contributed by atoms with Crippen LogP contribution in [0.5, 0.6) is 0 Å². The highest BCUT2D eigenvalue weighted by Crippen LogP contribution is 2.28. The van der Waals surface area contributed by atoms with Gasteiger partial charge >= 0.3 is 0 Å². The third-order valence-electron chi connectivity index (χ3n) is 4.81. The van der Waals surface area contributed by atoms with Crippen LogP contribution in [0.3, 0.4) is 0 Å². The van der Waals surface area contributed by atoms with Gasteiger partial charge in [-0.15, -0.1) is 0 Å². The second-order valence-corrected chi connectivity index (χ2v) is 6.87. The quantitative estimate of drug-likeness (QED) is 0.621. The molecule has 0 saturated heterocycles. The molecule has 134 valence electrons. The van der Waals surface area contributed by atoms with Crippen LogP contribution in [0.25, 0.3) is 11.3 Å². The van der Waals surface area contributed by atoms with Gasteiger partial charge in [0.15, 0.2) is 0 Å². The molecule has 1 saturated carbocycles. The highest BCUT2D eigenvalue weighted by Gasteiger charge is 2.28. The van der Waals surface area contributed by atoms with Gasteiger partial charge in [0.2, 0.25) is 0 Å². The van der Waals surface area contributed by atoms with E-state index in [0.29, 0.717) is 13.1 Å². The van der Waals surface area contributed by atoms with E-state index in [0.717, 1.165) is 42.5 Å². The lowest BCUT2D eigenvalue weighted by Crippen LogP contribution is -2.41. The third kappa shape index (κ3) is 4.24. The van der Waals surface area contributed by atoms with E-state index in [1.807, 2.05) is 13.2 Å². The highest BCUT2D eigenvalue weighted by atomic mass is 16.6. The molecule has 1 heterocycles. The van der Waals surface area contributed by atoms with Crippen molar-refractivity contribution in [1.29, 1.82) is 0 Å². The number of nitro groups is 1. The van der Waals surface area contributed by atoms with Crippen LogP contribution >= 0.6 is 0 Å². The van der Waals surface area contributed by atoms with Crippen molar-refractivity contribution < 1.29 is 10.0 Å². The molecule has 0 aliphatic heterocycles. The molecule has 0 atom stereocenters. The van der Waals surface area contributed by atoms with Crippen LogP contribution in [-0.2, 0) is 13.6 Å². The number of hydrogen-bond acceptors (Lipinski definition) is 5. The normalized spacial score (nSPS) is 16.7. The zero-order chi connectivity index (χ0) is 17.9. The van der Waals surface area contributed by atoms with Crippen molar-refractivity contribution in [3.63, 3.8) is 0 Å². The topological polar surface area (TPSA) is 93.2 Å². The fourth-order valence-electron chi connectivity index (χ4n) is 3.47. The van der Waals surface area contributed by atoms with Crippen LogP contribution in [0.4, 0.5) is 5.69 Å². The number of aliphatic hydroxyl groups is 1. The molecule has 0 bridgehead atoms. The van der Waals surface area contributed by atoms with Crippen molar-refractivity contribution in [1.82, 2.24) is 15.1 Å². The third-order valence-corrected chi connectivity index (χ3v) is 4.81. The molecule has 1 aromatic carbocycles. The summed E-state index contributed by atoms with van der Waals surface area (Å²) in [7, 11) is 1.85. The monoisotopic (exact) mass is 344 g/mol. The number of nitro benzene ring substituents is 1. The number of hydrogen-bond donors (Lipinski definition) is 2. The first-order valence-corrected chi connectivity index (χ1v) is 8.67. The molecule has 2 N–H and O–H groups in total. The Hall–Kier alpha value is -2.25. The molecule has 1 aliphatic rings. The standard InChI is InChI=1S/C18H24N4O3/c1-21-12-15(11-19-13-18(23)9-3-2-4-10-18)17(20-21)14-5-7-16(8-6-14)22(24)25/h5-8,12,19,23H,2-4,9-11,13H2,1H3. The zero-order valence-corrected chi connectivity index (χ0v) is 14.4. The van der Waals surface area contributed by atoms with Gasteiger partial charge in [-0.2, -0.15) is 5.10 Å². The Morgan fingerprint density at radius 2 is 1.96 bits per heavy atom. The molecule has 0 amide bonds. The van der Waals surface area contributed by atoms with Crippen LogP contribution < -0.4 is 5.32 Å². The Kier molecular flexibility index (Phi) is 5.15. The molecule has 1 fully saturated rings. The summed E-state index contributed by atoms with van der Waals surface area (Å²) in [6, 6.07) is 6.43. The number of benzene rings is 1. The van der Waals surface area contributed by atoms with Gasteiger partial charge in [0.05, 0.1) is 16.2 Å². The van der Waals surface area contributed by atoms with Crippen LogP contribution in [0, 0.1) is 10.1 Å². The maximum atomic E-state index is 10.8. The Morgan fingerprint density at radius 3 is 2.60 bits per heavy atom. The SMILES string of the molecule is Cn1cc(CNCC2(O)CCCCC2)c(-c2ccc([N+](=O)[O-])cc2)n1. The largest absolute Gasteiger partial charge is 0.389 e. The van der Waals surface area contributed by atoms with Crippen molar-refractivity contribution in [3.05, 3.63) is 46.1 Å². The molecule has 0 unspecified atom stereocenters. The van der Waals surface area contributed by atoms with Crippen molar-refractivity contribution in [2.75, 3.05) is 6.54 Å². The van der Waals surface area contributed by atoms with Gasteiger partial charge in [-0.3, -0.25) is 14.8 Å². The van der Waals surface area contributed by atoms with Gasteiger partial charge in [-0.1, -0.05) is 19.3 Å². The van der Waals surface area contributed by atoms with Gasteiger partial charge in [0, 0.05) is 49.6 Å². The smallest absolute Gasteiger partial charge is 0.269 e. The number of rotatable bonds is 6. The molecular weight excluding hydrogens is 320 g/mol. The van der Waals surface area contributed by atoms with E-state index >= 15 is 0 Å². The Bertz CT molecular complexity index is 733. The lowest BCUT2D eigenvalue weighted by molar-refractivity contribution is -0.384. The summed E-state index contributed by atoms with van der Waals surface area (Å²) >= 11 is 0. The Morgan fingerprint density at radius 1 is 1.28 bits per heavy atom. The molecule has 25 heavy (non-hydrogen) atoms. The van der Waals surface area contributed by atoms with Crippen molar-refractivity contribution >= 4 is 5.69 Å². The second kappa shape index (κ2) is 7.33. The number of aromatic nitrogens is 2. The summed E-state index contributed by atoms with van der Waals surface area (Å²) in [6.07, 6.45) is 7.01. The van der Waals surface area contributed by atoms with Crippen molar-refractivity contribution in [2.45, 2.75) is 44.2 Å². The minimum absolute atomic E-state index is 0.0684.